The molecule has 0 radical (unpaired) electrons. The molecule has 2 rings (SSSR count). The van der Waals surface area contributed by atoms with Crippen molar-refractivity contribution in [2.24, 2.45) is 0 Å². The number of alkyl halides is 1. The van der Waals surface area contributed by atoms with E-state index in [0.29, 0.717) is 31.6 Å². The highest BCUT2D eigenvalue weighted by Gasteiger charge is 2.38. The van der Waals surface area contributed by atoms with E-state index in [1.165, 1.54) is 10.7 Å². The highest BCUT2D eigenvalue weighted by atomic mass is 19.1. The fourth-order valence-corrected chi connectivity index (χ4v) is 2.24. The number of hydrogen-bond donors (Lipinski definition) is 0. The maximum absolute atomic E-state index is 14.6. The van der Waals surface area contributed by atoms with Gasteiger partial charge in [-0.3, -0.25) is 0 Å². The standard InChI is InChI=1S/C11H17FN4O2/c1-9-7-10(16(17)18)15(13-9)8-11(12)3-5-14(2)6-4-11/h7H,3-6,8H2,1-2H3. The van der Waals surface area contributed by atoms with Gasteiger partial charge in [0.25, 0.3) is 0 Å². The van der Waals surface area contributed by atoms with Crippen molar-refractivity contribution in [3.05, 3.63) is 21.9 Å². The molecule has 1 aromatic rings. The first-order valence-electron chi connectivity index (χ1n) is 5.96. The van der Waals surface area contributed by atoms with Gasteiger partial charge in [0.05, 0.1) is 11.8 Å². The van der Waals surface area contributed by atoms with Crippen LogP contribution in [0.4, 0.5) is 10.2 Å². The van der Waals surface area contributed by atoms with Crippen LogP contribution in [0, 0.1) is 17.0 Å². The molecule has 7 heteroatoms. The minimum Gasteiger partial charge on any atom is -0.358 e. The van der Waals surface area contributed by atoms with Crippen molar-refractivity contribution in [1.29, 1.82) is 0 Å². The van der Waals surface area contributed by atoms with Crippen LogP contribution in [0.3, 0.4) is 0 Å². The van der Waals surface area contributed by atoms with Crippen molar-refractivity contribution in [2.75, 3.05) is 20.1 Å². The zero-order chi connectivity index (χ0) is 13.3. The summed E-state index contributed by atoms with van der Waals surface area (Å²) in [6.07, 6.45) is 0.777. The monoisotopic (exact) mass is 256 g/mol. The number of piperidine rings is 1. The summed E-state index contributed by atoms with van der Waals surface area (Å²) in [5.41, 5.74) is -0.853. The Kier molecular flexibility index (Phi) is 3.34. The summed E-state index contributed by atoms with van der Waals surface area (Å²) in [5.74, 6) is -0.136. The molecule has 1 aromatic heterocycles. The van der Waals surface area contributed by atoms with Gasteiger partial charge in [0.15, 0.2) is 5.67 Å². The molecule has 1 fully saturated rings. The Morgan fingerprint density at radius 3 is 2.72 bits per heavy atom. The van der Waals surface area contributed by atoms with Gasteiger partial charge in [0.1, 0.15) is 6.54 Å². The molecule has 6 nitrogen and oxygen atoms in total. The molecular weight excluding hydrogens is 239 g/mol. The molecule has 0 unspecified atom stereocenters. The Bertz CT molecular complexity index is 452. The predicted molar refractivity (Wildman–Crippen MR) is 64.2 cm³/mol. The summed E-state index contributed by atoms with van der Waals surface area (Å²) in [7, 11) is 1.94. The van der Waals surface area contributed by atoms with Crippen molar-refractivity contribution in [3.63, 3.8) is 0 Å². The Morgan fingerprint density at radius 1 is 1.56 bits per heavy atom. The number of nitro groups is 1. The molecule has 0 bridgehead atoms. The molecule has 0 spiro atoms. The second-order valence-corrected chi connectivity index (χ2v) is 5.01. The van der Waals surface area contributed by atoms with Gasteiger partial charge in [-0.2, -0.15) is 0 Å². The Hall–Kier alpha value is -1.50. The van der Waals surface area contributed by atoms with Gasteiger partial charge in [0.2, 0.25) is 0 Å². The molecule has 0 aliphatic carbocycles. The molecule has 100 valence electrons. The van der Waals surface area contributed by atoms with Crippen LogP contribution in [-0.4, -0.2) is 45.4 Å². The van der Waals surface area contributed by atoms with Crippen LogP contribution in [0.1, 0.15) is 18.5 Å². The third-order valence-electron chi connectivity index (χ3n) is 3.38. The highest BCUT2D eigenvalue weighted by molar-refractivity contribution is 5.22. The van der Waals surface area contributed by atoms with Crippen molar-refractivity contribution in [3.8, 4) is 0 Å². The molecule has 1 saturated heterocycles. The summed E-state index contributed by atoms with van der Waals surface area (Å²) < 4.78 is 15.8. The van der Waals surface area contributed by atoms with Gasteiger partial charge in [0, 0.05) is 13.1 Å². The number of aromatic nitrogens is 2. The van der Waals surface area contributed by atoms with Gasteiger partial charge in [-0.05, 0) is 31.7 Å². The number of hydrogen-bond acceptors (Lipinski definition) is 4. The maximum atomic E-state index is 14.6. The van der Waals surface area contributed by atoms with E-state index in [1.54, 1.807) is 6.92 Å². The van der Waals surface area contributed by atoms with E-state index in [1.807, 2.05) is 7.05 Å². The SMILES string of the molecule is Cc1cc([N+](=O)[O-])n(CC2(F)CCN(C)CC2)n1. The third kappa shape index (κ3) is 2.66. The molecular formula is C11H17FN4O2. The van der Waals surface area contributed by atoms with E-state index in [2.05, 4.69) is 10.00 Å². The lowest BCUT2D eigenvalue weighted by atomic mass is 9.93. The van der Waals surface area contributed by atoms with Crippen LogP contribution in [0.5, 0.6) is 0 Å². The topological polar surface area (TPSA) is 64.2 Å². The summed E-state index contributed by atoms with van der Waals surface area (Å²) in [6.45, 7) is 2.98. The minimum atomic E-state index is -1.39. The van der Waals surface area contributed by atoms with Crippen LogP contribution in [0.15, 0.2) is 6.07 Å². The molecule has 0 atom stereocenters. The Morgan fingerprint density at radius 2 is 2.17 bits per heavy atom. The molecule has 2 heterocycles. The van der Waals surface area contributed by atoms with E-state index in [-0.39, 0.29) is 12.4 Å². The smallest absolute Gasteiger partial charge is 0.345 e. The fourth-order valence-electron chi connectivity index (χ4n) is 2.24. The maximum Gasteiger partial charge on any atom is 0.345 e. The van der Waals surface area contributed by atoms with Crippen molar-refractivity contribution >= 4 is 5.82 Å². The summed E-state index contributed by atoms with van der Waals surface area (Å²) >= 11 is 0. The zero-order valence-electron chi connectivity index (χ0n) is 10.6. The Labute approximate surface area is 105 Å². The number of halogens is 1. The normalized spacial score (nSPS) is 19.9. The van der Waals surface area contributed by atoms with Gasteiger partial charge in [-0.15, -0.1) is 4.68 Å². The van der Waals surface area contributed by atoms with E-state index in [0.717, 1.165) is 0 Å². The second kappa shape index (κ2) is 4.64. The summed E-state index contributed by atoms with van der Waals surface area (Å²) in [5, 5.41) is 14.9. The summed E-state index contributed by atoms with van der Waals surface area (Å²) in [6, 6.07) is 1.37. The lowest BCUT2D eigenvalue weighted by Crippen LogP contribution is -2.42. The molecule has 0 amide bonds. The van der Waals surface area contributed by atoms with Crippen LogP contribution < -0.4 is 0 Å². The van der Waals surface area contributed by atoms with Gasteiger partial charge < -0.3 is 15.0 Å². The van der Waals surface area contributed by atoms with Crippen LogP contribution in [-0.2, 0) is 6.54 Å². The van der Waals surface area contributed by atoms with Crippen LogP contribution in [0.25, 0.3) is 0 Å². The van der Waals surface area contributed by atoms with Gasteiger partial charge >= 0.3 is 5.82 Å². The first kappa shape index (κ1) is 12.9. The van der Waals surface area contributed by atoms with Crippen molar-refractivity contribution in [2.45, 2.75) is 32.0 Å². The predicted octanol–water partition coefficient (Wildman–Crippen LogP) is 1.53. The van der Waals surface area contributed by atoms with Gasteiger partial charge in [-0.25, -0.2) is 4.39 Å². The van der Waals surface area contributed by atoms with Crippen LogP contribution in [0.2, 0.25) is 0 Å². The molecule has 0 N–H and O–H groups in total. The van der Waals surface area contributed by atoms with E-state index in [4.69, 9.17) is 0 Å². The first-order chi connectivity index (χ1) is 8.39. The van der Waals surface area contributed by atoms with Gasteiger partial charge in [-0.1, -0.05) is 5.10 Å². The van der Waals surface area contributed by atoms with E-state index < -0.39 is 10.6 Å². The number of aryl methyl sites for hydroxylation is 1. The molecule has 0 saturated carbocycles. The summed E-state index contributed by atoms with van der Waals surface area (Å²) in [4.78, 5) is 12.4. The lowest BCUT2D eigenvalue weighted by molar-refractivity contribution is -0.393. The largest absolute Gasteiger partial charge is 0.358 e. The third-order valence-corrected chi connectivity index (χ3v) is 3.38. The average molecular weight is 256 g/mol. The zero-order valence-corrected chi connectivity index (χ0v) is 10.6. The molecule has 0 aromatic carbocycles. The number of nitrogens with zero attached hydrogens (tertiary/aromatic N) is 4. The van der Waals surface area contributed by atoms with Crippen molar-refractivity contribution < 1.29 is 9.31 Å². The molecule has 18 heavy (non-hydrogen) atoms. The lowest BCUT2D eigenvalue weighted by Gasteiger charge is -2.32. The van der Waals surface area contributed by atoms with E-state index >= 15 is 0 Å². The second-order valence-electron chi connectivity index (χ2n) is 5.01. The van der Waals surface area contributed by atoms with Crippen molar-refractivity contribution in [1.82, 2.24) is 14.7 Å². The average Bonchev–Trinajstić information content (AvgIpc) is 2.64. The number of rotatable bonds is 3. The minimum absolute atomic E-state index is 0.0367. The van der Waals surface area contributed by atoms with E-state index in [9.17, 15) is 14.5 Å². The van der Waals surface area contributed by atoms with Crippen LogP contribution >= 0.6 is 0 Å². The first-order valence-corrected chi connectivity index (χ1v) is 5.96. The number of likely N-dealkylation sites (tertiary alicyclic amines) is 1. The fraction of sp³-hybridized carbons (Fsp3) is 0.727. The molecule has 1 aliphatic rings. The Balaban J connectivity index is 2.16. The quantitative estimate of drug-likeness (QED) is 0.607. The molecule has 1 aliphatic heterocycles. The highest BCUT2D eigenvalue weighted by Crippen LogP contribution is 2.29.